The number of benzene rings is 1. The zero-order chi connectivity index (χ0) is 15.9. The van der Waals surface area contributed by atoms with E-state index in [1.807, 2.05) is 19.1 Å². The summed E-state index contributed by atoms with van der Waals surface area (Å²) in [4.78, 5) is 18.2. The van der Waals surface area contributed by atoms with Crippen LogP contribution in [0.15, 0.2) is 42.7 Å². The van der Waals surface area contributed by atoms with Crippen molar-refractivity contribution in [1.82, 2.24) is 4.98 Å². The Hall–Kier alpha value is -2.56. The molecule has 0 unspecified atom stereocenters. The lowest BCUT2D eigenvalue weighted by molar-refractivity contribution is 0.262. The molecule has 22 heavy (non-hydrogen) atoms. The van der Waals surface area contributed by atoms with E-state index in [-0.39, 0.29) is 6.03 Å². The van der Waals surface area contributed by atoms with Gasteiger partial charge in [0, 0.05) is 42.5 Å². The van der Waals surface area contributed by atoms with E-state index in [1.54, 1.807) is 24.5 Å². The van der Waals surface area contributed by atoms with Crippen molar-refractivity contribution in [3.05, 3.63) is 48.3 Å². The number of hydrogen-bond acceptors (Lipinski definition) is 3. The number of amides is 2. The highest BCUT2D eigenvalue weighted by Gasteiger charge is 2.08. The Kier molecular flexibility index (Phi) is 5.36. The van der Waals surface area contributed by atoms with Gasteiger partial charge >= 0.3 is 6.03 Å². The summed E-state index contributed by atoms with van der Waals surface area (Å²) in [6, 6.07) is 9.29. The Morgan fingerprint density at radius 1 is 1.09 bits per heavy atom. The number of carbonyl (C=O) groups excluding carboxylic acids is 1. The van der Waals surface area contributed by atoms with Gasteiger partial charge in [0.15, 0.2) is 0 Å². The van der Waals surface area contributed by atoms with Gasteiger partial charge in [0.2, 0.25) is 0 Å². The van der Waals surface area contributed by atoms with Crippen LogP contribution in [0.3, 0.4) is 0 Å². The van der Waals surface area contributed by atoms with Crippen molar-refractivity contribution >= 4 is 23.1 Å². The second kappa shape index (κ2) is 7.45. The fourth-order valence-electron chi connectivity index (χ4n) is 2.29. The average molecular weight is 298 g/mol. The van der Waals surface area contributed by atoms with Gasteiger partial charge in [-0.05, 0) is 56.7 Å². The molecule has 2 aromatic rings. The smallest absolute Gasteiger partial charge is 0.323 e. The Bertz CT molecular complexity index is 624. The lowest BCUT2D eigenvalue weighted by atomic mass is 10.1. The molecule has 0 bridgehead atoms. The number of anilines is 3. The van der Waals surface area contributed by atoms with E-state index in [0.29, 0.717) is 5.69 Å². The first kappa shape index (κ1) is 15.8. The zero-order valence-corrected chi connectivity index (χ0v) is 13.3. The summed E-state index contributed by atoms with van der Waals surface area (Å²) < 4.78 is 0. The summed E-state index contributed by atoms with van der Waals surface area (Å²) >= 11 is 0. The van der Waals surface area contributed by atoms with E-state index in [0.717, 1.165) is 24.3 Å². The first-order valence-electron chi connectivity index (χ1n) is 7.47. The van der Waals surface area contributed by atoms with Crippen molar-refractivity contribution in [1.29, 1.82) is 0 Å². The number of rotatable bonds is 5. The predicted octanol–water partition coefficient (Wildman–Crippen LogP) is 3.88. The lowest BCUT2D eigenvalue weighted by Gasteiger charge is -2.22. The maximum absolute atomic E-state index is 12.0. The van der Waals surface area contributed by atoms with Gasteiger partial charge in [0.1, 0.15) is 0 Å². The summed E-state index contributed by atoms with van der Waals surface area (Å²) in [5, 5.41) is 5.65. The van der Waals surface area contributed by atoms with Gasteiger partial charge in [-0.3, -0.25) is 4.98 Å². The molecule has 0 radical (unpaired) electrons. The molecule has 0 saturated heterocycles. The summed E-state index contributed by atoms with van der Waals surface area (Å²) in [6.45, 7) is 8.19. The van der Waals surface area contributed by atoms with Crippen molar-refractivity contribution in [3.63, 3.8) is 0 Å². The molecule has 0 aliphatic carbocycles. The van der Waals surface area contributed by atoms with E-state index in [4.69, 9.17) is 0 Å². The number of aromatic nitrogens is 1. The predicted molar refractivity (Wildman–Crippen MR) is 91.6 cm³/mol. The molecule has 5 heteroatoms. The molecule has 1 heterocycles. The van der Waals surface area contributed by atoms with Crippen LogP contribution in [0.4, 0.5) is 21.9 Å². The molecule has 0 saturated carbocycles. The third-order valence-corrected chi connectivity index (χ3v) is 3.52. The minimum Gasteiger partial charge on any atom is -0.372 e. The van der Waals surface area contributed by atoms with Crippen LogP contribution in [-0.4, -0.2) is 24.1 Å². The van der Waals surface area contributed by atoms with Crippen LogP contribution in [0, 0.1) is 6.92 Å². The molecule has 2 rings (SSSR count). The molecule has 0 fully saturated rings. The molecular weight excluding hydrogens is 276 g/mol. The number of carbonyl (C=O) groups is 1. The maximum Gasteiger partial charge on any atom is 0.323 e. The molecule has 1 aromatic heterocycles. The van der Waals surface area contributed by atoms with Gasteiger partial charge < -0.3 is 15.5 Å². The molecule has 2 amide bonds. The van der Waals surface area contributed by atoms with Crippen LogP contribution in [0.25, 0.3) is 0 Å². The molecule has 0 atom stereocenters. The third kappa shape index (κ3) is 3.97. The monoisotopic (exact) mass is 298 g/mol. The van der Waals surface area contributed by atoms with Crippen molar-refractivity contribution in [2.24, 2.45) is 0 Å². The number of nitrogens with one attached hydrogen (secondary N) is 2. The average Bonchev–Trinajstić information content (AvgIpc) is 2.52. The largest absolute Gasteiger partial charge is 0.372 e. The molecule has 0 aliphatic heterocycles. The number of pyridine rings is 1. The number of nitrogens with zero attached hydrogens (tertiary/aromatic N) is 2. The molecule has 0 aliphatic rings. The normalized spacial score (nSPS) is 10.1. The Morgan fingerprint density at radius 2 is 1.77 bits per heavy atom. The van der Waals surface area contributed by atoms with Crippen molar-refractivity contribution < 1.29 is 4.79 Å². The van der Waals surface area contributed by atoms with E-state index in [9.17, 15) is 4.79 Å². The highest BCUT2D eigenvalue weighted by Crippen LogP contribution is 2.22. The van der Waals surface area contributed by atoms with Gasteiger partial charge in [-0.15, -0.1) is 0 Å². The lowest BCUT2D eigenvalue weighted by Crippen LogP contribution is -2.22. The summed E-state index contributed by atoms with van der Waals surface area (Å²) in [5.41, 5.74) is 3.73. The molecule has 5 nitrogen and oxygen atoms in total. The fourth-order valence-corrected chi connectivity index (χ4v) is 2.29. The molecule has 2 N–H and O–H groups in total. The van der Waals surface area contributed by atoms with Crippen molar-refractivity contribution in [2.75, 3.05) is 28.6 Å². The molecule has 116 valence electrons. The first-order chi connectivity index (χ1) is 10.6. The van der Waals surface area contributed by atoms with Crippen molar-refractivity contribution in [2.45, 2.75) is 20.8 Å². The van der Waals surface area contributed by atoms with Crippen LogP contribution in [0.2, 0.25) is 0 Å². The van der Waals surface area contributed by atoms with Crippen LogP contribution < -0.4 is 15.5 Å². The summed E-state index contributed by atoms with van der Waals surface area (Å²) in [6.07, 6.45) is 3.28. The van der Waals surface area contributed by atoms with Gasteiger partial charge in [0.25, 0.3) is 0 Å². The Balaban J connectivity index is 2.05. The second-order valence-electron chi connectivity index (χ2n) is 4.99. The van der Waals surface area contributed by atoms with Gasteiger partial charge in [-0.2, -0.15) is 0 Å². The zero-order valence-electron chi connectivity index (χ0n) is 13.3. The molecular formula is C17H22N4O. The highest BCUT2D eigenvalue weighted by atomic mass is 16.2. The van der Waals surface area contributed by atoms with E-state index in [2.05, 4.69) is 40.4 Å². The van der Waals surface area contributed by atoms with Gasteiger partial charge in [-0.25, -0.2) is 4.79 Å². The minimum atomic E-state index is -0.259. The Morgan fingerprint density at radius 3 is 2.36 bits per heavy atom. The highest BCUT2D eigenvalue weighted by molar-refractivity contribution is 6.00. The van der Waals surface area contributed by atoms with E-state index < -0.39 is 0 Å². The third-order valence-electron chi connectivity index (χ3n) is 3.52. The Labute approximate surface area is 131 Å². The number of urea groups is 1. The second-order valence-corrected chi connectivity index (χ2v) is 4.99. The van der Waals surface area contributed by atoms with Crippen molar-refractivity contribution in [3.8, 4) is 0 Å². The molecule has 0 spiro atoms. The number of aryl methyl sites for hydroxylation is 1. The van der Waals surface area contributed by atoms with Crippen LogP contribution in [0.5, 0.6) is 0 Å². The van der Waals surface area contributed by atoms with Gasteiger partial charge in [-0.1, -0.05) is 0 Å². The topological polar surface area (TPSA) is 57.3 Å². The standard InChI is InChI=1S/C17H22N4O/c1-4-21(5-2)15-6-7-16(13(3)12-15)20-17(22)19-14-8-10-18-11-9-14/h6-12H,4-5H2,1-3H3,(H2,18,19,20,22). The van der Waals surface area contributed by atoms with Crippen LogP contribution in [-0.2, 0) is 0 Å². The van der Waals surface area contributed by atoms with E-state index >= 15 is 0 Å². The van der Waals surface area contributed by atoms with E-state index in [1.165, 1.54) is 5.69 Å². The first-order valence-corrected chi connectivity index (χ1v) is 7.47. The summed E-state index contributed by atoms with van der Waals surface area (Å²) in [7, 11) is 0. The number of hydrogen-bond donors (Lipinski definition) is 2. The van der Waals surface area contributed by atoms with Gasteiger partial charge in [0.05, 0.1) is 0 Å². The SMILES string of the molecule is CCN(CC)c1ccc(NC(=O)Nc2ccncc2)c(C)c1. The van der Waals surface area contributed by atoms with Crippen LogP contribution in [0.1, 0.15) is 19.4 Å². The maximum atomic E-state index is 12.0. The minimum absolute atomic E-state index is 0.259. The molecule has 1 aromatic carbocycles. The summed E-state index contributed by atoms with van der Waals surface area (Å²) in [5.74, 6) is 0. The quantitative estimate of drug-likeness (QED) is 0.880. The van der Waals surface area contributed by atoms with Crippen LogP contribution >= 0.6 is 0 Å². The fraction of sp³-hybridized carbons (Fsp3) is 0.294.